The minimum absolute atomic E-state index is 0. The van der Waals surface area contributed by atoms with Crippen LogP contribution in [0.5, 0.6) is 0 Å². The van der Waals surface area contributed by atoms with Gasteiger partial charge in [-0.25, -0.2) is 8.42 Å². The Hall–Kier alpha value is -0.620. The molecule has 0 saturated carbocycles. The van der Waals surface area contributed by atoms with E-state index in [0.717, 1.165) is 32.6 Å². The molecule has 1 rings (SSSR count). The van der Waals surface area contributed by atoms with E-state index >= 15 is 0 Å². The maximum Gasteiger partial charge on any atom is 0.222 e. The molecule has 1 aliphatic heterocycles. The largest absolute Gasteiger partial charge is 0.382 e. The van der Waals surface area contributed by atoms with E-state index in [1.165, 1.54) is 0 Å². The van der Waals surface area contributed by atoms with Crippen molar-refractivity contribution >= 4 is 45.7 Å². The molecule has 1 amide bonds. The fraction of sp³-hybridized carbons (Fsp3) is 0.875. The number of aliphatic imine (C=N–C) groups is 1. The van der Waals surface area contributed by atoms with Crippen LogP contribution >= 0.6 is 24.0 Å². The van der Waals surface area contributed by atoms with E-state index in [1.807, 2.05) is 13.8 Å². The third kappa shape index (κ3) is 11.9. The van der Waals surface area contributed by atoms with Gasteiger partial charge in [-0.15, -0.1) is 24.0 Å². The first-order valence-corrected chi connectivity index (χ1v) is 10.9. The molecule has 1 fully saturated rings. The lowest BCUT2D eigenvalue weighted by molar-refractivity contribution is -0.121. The van der Waals surface area contributed by atoms with Crippen LogP contribution in [-0.2, 0) is 19.4 Å². The average molecular weight is 504 g/mol. The molecule has 1 heterocycles. The Morgan fingerprint density at radius 1 is 1.23 bits per heavy atom. The number of ether oxygens (including phenoxy) is 1. The fourth-order valence-electron chi connectivity index (χ4n) is 2.50. The highest BCUT2D eigenvalue weighted by Gasteiger charge is 2.28. The third-order valence-electron chi connectivity index (χ3n) is 3.76. The predicted molar refractivity (Wildman–Crippen MR) is 115 cm³/mol. The minimum atomic E-state index is -2.97. The molecule has 26 heavy (non-hydrogen) atoms. The summed E-state index contributed by atoms with van der Waals surface area (Å²) in [7, 11) is -2.97. The number of carbonyl (C=O) groups is 1. The number of halogens is 1. The van der Waals surface area contributed by atoms with Gasteiger partial charge in [-0.2, -0.15) is 0 Å². The highest BCUT2D eigenvalue weighted by molar-refractivity contribution is 14.0. The zero-order valence-corrected chi connectivity index (χ0v) is 18.9. The zero-order chi connectivity index (χ0) is 18.5. The van der Waals surface area contributed by atoms with Gasteiger partial charge in [-0.3, -0.25) is 9.79 Å². The average Bonchev–Trinajstić information content (AvgIpc) is 2.89. The second-order valence-electron chi connectivity index (χ2n) is 6.01. The van der Waals surface area contributed by atoms with Crippen LogP contribution in [0.4, 0.5) is 0 Å². The first kappa shape index (κ1) is 25.4. The molecule has 154 valence electrons. The van der Waals surface area contributed by atoms with E-state index in [4.69, 9.17) is 4.74 Å². The van der Waals surface area contributed by atoms with E-state index in [9.17, 15) is 13.2 Å². The van der Waals surface area contributed by atoms with Crippen molar-refractivity contribution in [2.24, 2.45) is 4.99 Å². The number of hydrogen-bond donors (Lipinski definition) is 3. The van der Waals surface area contributed by atoms with Crippen molar-refractivity contribution in [2.75, 3.05) is 44.4 Å². The Morgan fingerprint density at radius 2 is 2.00 bits per heavy atom. The van der Waals surface area contributed by atoms with E-state index in [2.05, 4.69) is 20.9 Å². The van der Waals surface area contributed by atoms with Crippen LogP contribution in [0.1, 0.15) is 39.5 Å². The minimum Gasteiger partial charge on any atom is -0.382 e. The van der Waals surface area contributed by atoms with Crippen LogP contribution < -0.4 is 16.0 Å². The highest BCUT2D eigenvalue weighted by Crippen LogP contribution is 2.11. The first-order chi connectivity index (χ1) is 12.0. The molecule has 3 N–H and O–H groups in total. The van der Waals surface area contributed by atoms with Crippen molar-refractivity contribution in [3.63, 3.8) is 0 Å². The van der Waals surface area contributed by atoms with E-state index in [-0.39, 0.29) is 53.9 Å². The Bertz CT molecular complexity index is 528. The molecule has 0 radical (unpaired) electrons. The lowest BCUT2D eigenvalue weighted by Gasteiger charge is -2.13. The van der Waals surface area contributed by atoms with Gasteiger partial charge in [0.05, 0.1) is 11.5 Å². The van der Waals surface area contributed by atoms with Gasteiger partial charge >= 0.3 is 0 Å². The fourth-order valence-corrected chi connectivity index (χ4v) is 4.17. The maximum absolute atomic E-state index is 11.9. The molecule has 0 aliphatic carbocycles. The topological polar surface area (TPSA) is 109 Å². The summed E-state index contributed by atoms with van der Waals surface area (Å²) >= 11 is 0. The van der Waals surface area contributed by atoms with Gasteiger partial charge in [-0.05, 0) is 33.1 Å². The van der Waals surface area contributed by atoms with Crippen LogP contribution in [0.15, 0.2) is 4.99 Å². The molecule has 1 unspecified atom stereocenters. The molecule has 0 aromatic heterocycles. The zero-order valence-electron chi connectivity index (χ0n) is 15.8. The van der Waals surface area contributed by atoms with Crippen molar-refractivity contribution in [1.29, 1.82) is 0 Å². The number of carbonyl (C=O) groups excluding carboxylic acids is 1. The van der Waals surface area contributed by atoms with Gasteiger partial charge in [0.25, 0.3) is 0 Å². The van der Waals surface area contributed by atoms with Crippen LogP contribution in [0.3, 0.4) is 0 Å². The molecule has 1 atom stereocenters. The van der Waals surface area contributed by atoms with E-state index < -0.39 is 9.84 Å². The molecule has 0 bridgehead atoms. The van der Waals surface area contributed by atoms with Gasteiger partial charge in [0, 0.05) is 45.3 Å². The Kier molecular flexibility index (Phi) is 14.1. The molecule has 1 saturated heterocycles. The van der Waals surface area contributed by atoms with E-state index in [1.54, 1.807) is 0 Å². The molecular weight excluding hydrogens is 471 g/mol. The van der Waals surface area contributed by atoms with Crippen molar-refractivity contribution in [2.45, 2.75) is 45.6 Å². The second kappa shape index (κ2) is 14.4. The summed E-state index contributed by atoms with van der Waals surface area (Å²) in [5.74, 6) is 0.770. The Labute approximate surface area is 174 Å². The van der Waals surface area contributed by atoms with Crippen molar-refractivity contribution in [1.82, 2.24) is 16.0 Å². The molecule has 0 spiro atoms. The number of nitrogens with zero attached hydrogens (tertiary/aromatic N) is 1. The molecule has 10 heteroatoms. The Morgan fingerprint density at radius 3 is 2.62 bits per heavy atom. The monoisotopic (exact) mass is 504 g/mol. The summed E-state index contributed by atoms with van der Waals surface area (Å²) in [6.45, 7) is 7.36. The molecular formula is C16H33IN4O4S. The van der Waals surface area contributed by atoms with E-state index in [0.29, 0.717) is 25.5 Å². The van der Waals surface area contributed by atoms with Gasteiger partial charge in [0.1, 0.15) is 0 Å². The van der Waals surface area contributed by atoms with Gasteiger partial charge in [0.15, 0.2) is 15.8 Å². The second-order valence-corrected chi connectivity index (χ2v) is 8.24. The summed E-state index contributed by atoms with van der Waals surface area (Å²) in [6, 6.07) is -0.246. The first-order valence-electron chi connectivity index (χ1n) is 9.06. The van der Waals surface area contributed by atoms with Crippen molar-refractivity contribution in [3.05, 3.63) is 0 Å². The molecule has 0 aromatic rings. The number of sulfone groups is 1. The van der Waals surface area contributed by atoms with Crippen LogP contribution in [0.2, 0.25) is 0 Å². The number of amides is 1. The number of hydrogen-bond acceptors (Lipinski definition) is 5. The standard InChI is InChI=1S/C16H32N4O4S.HI/c1-3-17-16(18-9-5-6-11-24-4-2)19-10-7-15(21)20-14-8-12-25(22,23)13-14;/h14H,3-13H2,1-2H3,(H,20,21)(H2,17,18,19);1H. The summed E-state index contributed by atoms with van der Waals surface area (Å²) < 4.78 is 28.1. The van der Waals surface area contributed by atoms with Crippen LogP contribution in [0, 0.1) is 0 Å². The lowest BCUT2D eigenvalue weighted by atomic mass is 10.2. The van der Waals surface area contributed by atoms with Crippen LogP contribution in [0.25, 0.3) is 0 Å². The summed E-state index contributed by atoms with van der Waals surface area (Å²) in [5, 5.41) is 9.04. The number of unbranched alkanes of at least 4 members (excludes halogenated alkanes) is 1. The predicted octanol–water partition coefficient (Wildman–Crippen LogP) is 0.670. The highest BCUT2D eigenvalue weighted by atomic mass is 127. The number of nitrogens with one attached hydrogen (secondary N) is 3. The molecule has 0 aromatic carbocycles. The lowest BCUT2D eigenvalue weighted by Crippen LogP contribution is -2.41. The number of rotatable bonds is 11. The normalized spacial score (nSPS) is 18.8. The summed E-state index contributed by atoms with van der Waals surface area (Å²) in [4.78, 5) is 16.3. The van der Waals surface area contributed by atoms with Gasteiger partial charge < -0.3 is 20.7 Å². The molecule has 8 nitrogen and oxygen atoms in total. The maximum atomic E-state index is 11.9. The SMILES string of the molecule is CCNC(=NCCCCOCC)NCCC(=O)NC1CCS(=O)(=O)C1.I. The smallest absolute Gasteiger partial charge is 0.222 e. The van der Waals surface area contributed by atoms with Crippen molar-refractivity contribution < 1.29 is 17.9 Å². The van der Waals surface area contributed by atoms with Crippen molar-refractivity contribution in [3.8, 4) is 0 Å². The summed E-state index contributed by atoms with van der Waals surface area (Å²) in [6.07, 6.45) is 2.72. The van der Waals surface area contributed by atoms with Crippen LogP contribution in [-0.4, -0.2) is 70.7 Å². The quantitative estimate of drug-likeness (QED) is 0.165. The summed E-state index contributed by atoms with van der Waals surface area (Å²) in [5.41, 5.74) is 0. The Balaban J connectivity index is 0.00000625. The number of guanidine groups is 1. The van der Waals surface area contributed by atoms with Gasteiger partial charge in [0.2, 0.25) is 5.91 Å². The van der Waals surface area contributed by atoms with Gasteiger partial charge in [-0.1, -0.05) is 0 Å². The molecule has 1 aliphatic rings. The third-order valence-corrected chi connectivity index (χ3v) is 5.53.